The number of nitrogens with zero attached hydrogens (tertiary/aromatic N) is 5. The van der Waals surface area contributed by atoms with Crippen molar-refractivity contribution in [1.29, 1.82) is 0 Å². The number of sulfonamides is 1. The Labute approximate surface area is 161 Å². The summed E-state index contributed by atoms with van der Waals surface area (Å²) in [7, 11) is -3.80. The van der Waals surface area contributed by atoms with Gasteiger partial charge in [-0.1, -0.05) is 6.07 Å². The third kappa shape index (κ3) is 3.03. The first kappa shape index (κ1) is 17.9. The van der Waals surface area contributed by atoms with E-state index in [1.807, 2.05) is 13.8 Å². The molecule has 0 radical (unpaired) electrons. The Morgan fingerprint density at radius 3 is 2.68 bits per heavy atom. The molecule has 28 heavy (non-hydrogen) atoms. The van der Waals surface area contributed by atoms with E-state index in [-0.39, 0.29) is 10.7 Å². The minimum Gasteiger partial charge on any atom is -0.381 e. The molecule has 0 spiro atoms. The molecule has 0 amide bonds. The molecule has 10 heteroatoms. The molecular formula is C18H17N7O2S. The number of rotatable bonds is 4. The average molecular weight is 395 g/mol. The van der Waals surface area contributed by atoms with Crippen LogP contribution in [0.3, 0.4) is 0 Å². The fraction of sp³-hybridized carbons (Fsp3) is 0.111. The van der Waals surface area contributed by atoms with Crippen LogP contribution in [-0.2, 0) is 10.0 Å². The Morgan fingerprint density at radius 1 is 1.07 bits per heavy atom. The summed E-state index contributed by atoms with van der Waals surface area (Å²) in [6.45, 7) is 3.69. The second-order valence-electron chi connectivity index (χ2n) is 6.30. The Hall–Kier alpha value is -3.53. The Morgan fingerprint density at radius 2 is 1.89 bits per heavy atom. The van der Waals surface area contributed by atoms with E-state index < -0.39 is 10.0 Å². The maximum absolute atomic E-state index is 12.9. The van der Waals surface area contributed by atoms with Gasteiger partial charge in [0.1, 0.15) is 6.33 Å². The van der Waals surface area contributed by atoms with Crippen LogP contribution in [0.15, 0.2) is 54.1 Å². The highest BCUT2D eigenvalue weighted by atomic mass is 32.2. The molecule has 0 aliphatic heterocycles. The van der Waals surface area contributed by atoms with Crippen molar-refractivity contribution in [3.05, 3.63) is 60.3 Å². The molecule has 0 aliphatic carbocycles. The number of fused-ring (bicyclic) bond motifs is 1. The van der Waals surface area contributed by atoms with Gasteiger partial charge in [0, 0.05) is 11.8 Å². The lowest BCUT2D eigenvalue weighted by molar-refractivity contribution is 0.601. The Bertz CT molecular complexity index is 1300. The van der Waals surface area contributed by atoms with Crippen molar-refractivity contribution < 1.29 is 8.42 Å². The Kier molecular flexibility index (Phi) is 4.19. The highest BCUT2D eigenvalue weighted by Crippen LogP contribution is 2.28. The molecule has 4 rings (SSSR count). The zero-order valence-electron chi connectivity index (χ0n) is 15.2. The van der Waals surface area contributed by atoms with Crippen molar-refractivity contribution in [2.45, 2.75) is 18.7 Å². The van der Waals surface area contributed by atoms with Gasteiger partial charge in [-0.05, 0) is 43.2 Å². The summed E-state index contributed by atoms with van der Waals surface area (Å²) in [5.74, 6) is 0.247. The lowest BCUT2D eigenvalue weighted by Gasteiger charge is -2.12. The number of nitrogen functional groups attached to an aromatic ring is 1. The van der Waals surface area contributed by atoms with Crippen LogP contribution in [0, 0.1) is 13.8 Å². The molecule has 1 aromatic carbocycles. The molecule has 0 saturated carbocycles. The van der Waals surface area contributed by atoms with E-state index in [1.54, 1.807) is 41.2 Å². The quantitative estimate of drug-likeness (QED) is 0.542. The van der Waals surface area contributed by atoms with Crippen LogP contribution < -0.4 is 10.5 Å². The van der Waals surface area contributed by atoms with E-state index in [0.29, 0.717) is 22.6 Å². The molecule has 3 aromatic heterocycles. The molecule has 0 aliphatic rings. The van der Waals surface area contributed by atoms with Crippen LogP contribution in [0.2, 0.25) is 0 Å². The molecule has 142 valence electrons. The summed E-state index contributed by atoms with van der Waals surface area (Å²) in [6.07, 6.45) is 6.01. The highest BCUT2D eigenvalue weighted by molar-refractivity contribution is 7.92. The molecule has 0 atom stereocenters. The molecule has 3 N–H and O–H groups in total. The minimum atomic E-state index is -3.80. The molecule has 0 unspecified atom stereocenters. The summed E-state index contributed by atoms with van der Waals surface area (Å²) < 4.78 is 29.9. The van der Waals surface area contributed by atoms with Gasteiger partial charge in [0.05, 0.1) is 28.7 Å². The number of imidazole rings is 1. The number of anilines is 2. The second-order valence-corrected chi connectivity index (χ2v) is 7.98. The Balaban J connectivity index is 1.81. The van der Waals surface area contributed by atoms with Crippen molar-refractivity contribution in [3.63, 3.8) is 0 Å². The standard InChI is InChI=1S/C18H17N7O2S/c1-11-3-4-13(28(26,27)24-15-8-20-6-5-12(15)2)7-14(11)16-9-21-18-17(19)22-10-23-25(16)18/h3-10,24H,1-2H3,(H2,19,22,23). The van der Waals surface area contributed by atoms with E-state index in [1.165, 1.54) is 12.5 Å². The van der Waals surface area contributed by atoms with Crippen LogP contribution in [0.4, 0.5) is 11.5 Å². The van der Waals surface area contributed by atoms with Crippen LogP contribution in [0.1, 0.15) is 11.1 Å². The van der Waals surface area contributed by atoms with Gasteiger partial charge in [0.15, 0.2) is 11.5 Å². The number of pyridine rings is 1. The van der Waals surface area contributed by atoms with Crippen LogP contribution in [-0.4, -0.2) is 33.0 Å². The van der Waals surface area contributed by atoms with Gasteiger partial charge >= 0.3 is 0 Å². The SMILES string of the molecule is Cc1ccncc1NS(=O)(=O)c1ccc(C)c(-c2cnc3c(N)ncnn23)c1. The lowest BCUT2D eigenvalue weighted by Crippen LogP contribution is -2.14. The third-order valence-corrected chi connectivity index (χ3v) is 5.77. The van der Waals surface area contributed by atoms with Gasteiger partial charge in [-0.15, -0.1) is 0 Å². The number of nitrogens with one attached hydrogen (secondary N) is 1. The van der Waals surface area contributed by atoms with Crippen molar-refractivity contribution in [3.8, 4) is 11.3 Å². The minimum absolute atomic E-state index is 0.119. The first-order chi connectivity index (χ1) is 13.4. The van der Waals surface area contributed by atoms with E-state index in [2.05, 4.69) is 24.8 Å². The lowest BCUT2D eigenvalue weighted by atomic mass is 10.1. The summed E-state index contributed by atoms with van der Waals surface area (Å²) in [4.78, 5) is 12.3. The fourth-order valence-corrected chi connectivity index (χ4v) is 3.98. The predicted octanol–water partition coefficient (Wildman–Crippen LogP) is 2.19. The first-order valence-corrected chi connectivity index (χ1v) is 9.84. The second kappa shape index (κ2) is 6.57. The van der Waals surface area contributed by atoms with E-state index >= 15 is 0 Å². The summed E-state index contributed by atoms with van der Waals surface area (Å²) in [6, 6.07) is 6.62. The van der Waals surface area contributed by atoms with Crippen molar-refractivity contribution in [2.24, 2.45) is 0 Å². The van der Waals surface area contributed by atoms with Crippen LogP contribution in [0.25, 0.3) is 16.9 Å². The molecular weight excluding hydrogens is 378 g/mol. The van der Waals surface area contributed by atoms with Crippen LogP contribution >= 0.6 is 0 Å². The van der Waals surface area contributed by atoms with E-state index in [0.717, 1.165) is 11.1 Å². The van der Waals surface area contributed by atoms with Gasteiger partial charge < -0.3 is 5.73 Å². The molecule has 9 nitrogen and oxygen atoms in total. The molecule has 0 fully saturated rings. The summed E-state index contributed by atoms with van der Waals surface area (Å²) >= 11 is 0. The van der Waals surface area contributed by atoms with Gasteiger partial charge in [-0.25, -0.2) is 22.9 Å². The molecule has 0 bridgehead atoms. The number of hydrogen-bond acceptors (Lipinski definition) is 7. The topological polar surface area (TPSA) is 128 Å². The number of hydrogen-bond donors (Lipinski definition) is 2. The van der Waals surface area contributed by atoms with Crippen LogP contribution in [0.5, 0.6) is 0 Å². The van der Waals surface area contributed by atoms with Crippen molar-refractivity contribution in [1.82, 2.24) is 24.6 Å². The zero-order valence-corrected chi connectivity index (χ0v) is 16.0. The summed E-state index contributed by atoms with van der Waals surface area (Å²) in [5, 5.41) is 4.18. The monoisotopic (exact) mass is 395 g/mol. The maximum Gasteiger partial charge on any atom is 0.261 e. The average Bonchev–Trinajstić information content (AvgIpc) is 3.09. The number of aryl methyl sites for hydroxylation is 2. The van der Waals surface area contributed by atoms with Gasteiger partial charge in [0.2, 0.25) is 0 Å². The fourth-order valence-electron chi connectivity index (χ4n) is 2.84. The number of aromatic nitrogens is 5. The van der Waals surface area contributed by atoms with E-state index in [9.17, 15) is 8.42 Å². The largest absolute Gasteiger partial charge is 0.381 e. The number of benzene rings is 1. The van der Waals surface area contributed by atoms with Gasteiger partial charge in [0.25, 0.3) is 10.0 Å². The van der Waals surface area contributed by atoms with Gasteiger partial charge in [-0.3, -0.25) is 9.71 Å². The maximum atomic E-state index is 12.9. The highest BCUT2D eigenvalue weighted by Gasteiger charge is 2.19. The third-order valence-electron chi connectivity index (χ3n) is 4.41. The molecule has 0 saturated heterocycles. The number of nitrogens with two attached hydrogens (primary N) is 1. The smallest absolute Gasteiger partial charge is 0.261 e. The van der Waals surface area contributed by atoms with Crippen molar-refractivity contribution >= 4 is 27.2 Å². The molecule has 4 aromatic rings. The molecule has 3 heterocycles. The first-order valence-electron chi connectivity index (χ1n) is 8.35. The van der Waals surface area contributed by atoms with Gasteiger partial charge in [-0.2, -0.15) is 5.10 Å². The van der Waals surface area contributed by atoms with E-state index in [4.69, 9.17) is 5.73 Å². The zero-order chi connectivity index (χ0) is 19.9. The normalized spacial score (nSPS) is 11.6. The van der Waals surface area contributed by atoms with Crippen molar-refractivity contribution in [2.75, 3.05) is 10.5 Å². The predicted molar refractivity (Wildman–Crippen MR) is 105 cm³/mol. The summed E-state index contributed by atoms with van der Waals surface area (Å²) in [5.41, 5.74) is 9.63.